The summed E-state index contributed by atoms with van der Waals surface area (Å²) in [6, 6.07) is 5.92. The molecule has 1 unspecified atom stereocenters. The van der Waals surface area contributed by atoms with E-state index in [9.17, 15) is 13.2 Å². The molecule has 2 aromatic rings. The number of aliphatic hydroxyl groups is 1. The standard InChI is InChI=1S/C10H8F3NO/c11-10(12,13)9(15)7-2-1-3-8-6(7)4-5-14-8/h1-5,9,14-15H. The first-order valence-electron chi connectivity index (χ1n) is 4.31. The second-order valence-electron chi connectivity index (χ2n) is 3.23. The first-order valence-corrected chi connectivity index (χ1v) is 4.31. The van der Waals surface area contributed by atoms with Gasteiger partial charge in [-0.3, -0.25) is 0 Å². The molecule has 0 aliphatic carbocycles. The molecule has 15 heavy (non-hydrogen) atoms. The van der Waals surface area contributed by atoms with Crippen molar-refractivity contribution in [2.75, 3.05) is 0 Å². The first kappa shape index (κ1) is 10.0. The van der Waals surface area contributed by atoms with Gasteiger partial charge in [0, 0.05) is 17.1 Å². The Hall–Kier alpha value is -1.49. The Labute approximate surface area is 83.3 Å². The number of benzene rings is 1. The van der Waals surface area contributed by atoms with E-state index >= 15 is 0 Å². The normalized spacial score (nSPS) is 14.4. The predicted octanol–water partition coefficient (Wildman–Crippen LogP) is 2.76. The van der Waals surface area contributed by atoms with Gasteiger partial charge in [-0.05, 0) is 17.7 Å². The second kappa shape index (κ2) is 3.27. The zero-order chi connectivity index (χ0) is 11.1. The maximum Gasteiger partial charge on any atom is 0.418 e. The average molecular weight is 215 g/mol. The average Bonchev–Trinajstić information content (AvgIpc) is 2.62. The lowest BCUT2D eigenvalue weighted by molar-refractivity contribution is -0.206. The Balaban J connectivity index is 2.56. The first-order chi connectivity index (χ1) is 7.00. The van der Waals surface area contributed by atoms with Crippen molar-refractivity contribution in [2.45, 2.75) is 12.3 Å². The minimum absolute atomic E-state index is 0.124. The monoisotopic (exact) mass is 215 g/mol. The lowest BCUT2D eigenvalue weighted by Crippen LogP contribution is -2.20. The van der Waals surface area contributed by atoms with Crippen molar-refractivity contribution in [3.8, 4) is 0 Å². The van der Waals surface area contributed by atoms with Gasteiger partial charge in [0.15, 0.2) is 6.10 Å². The predicted molar refractivity (Wildman–Crippen MR) is 49.3 cm³/mol. The molecule has 1 aromatic heterocycles. The molecule has 0 aliphatic rings. The molecule has 0 radical (unpaired) electrons. The zero-order valence-electron chi connectivity index (χ0n) is 7.55. The van der Waals surface area contributed by atoms with Crippen LogP contribution in [-0.2, 0) is 0 Å². The molecule has 0 saturated carbocycles. The molecule has 2 rings (SSSR count). The minimum Gasteiger partial charge on any atom is -0.379 e. The molecule has 0 bridgehead atoms. The summed E-state index contributed by atoms with van der Waals surface area (Å²) in [6.07, 6.45) is -5.53. The number of aliphatic hydroxyl groups excluding tert-OH is 1. The van der Waals surface area contributed by atoms with E-state index in [1.165, 1.54) is 24.4 Å². The molecule has 0 saturated heterocycles. The third-order valence-electron chi connectivity index (χ3n) is 2.23. The molecule has 2 N–H and O–H groups in total. The smallest absolute Gasteiger partial charge is 0.379 e. The van der Waals surface area contributed by atoms with Crippen LogP contribution in [0.2, 0.25) is 0 Å². The summed E-state index contributed by atoms with van der Waals surface area (Å²) < 4.78 is 36.9. The third-order valence-corrected chi connectivity index (χ3v) is 2.23. The van der Waals surface area contributed by atoms with Gasteiger partial charge in [-0.1, -0.05) is 12.1 Å². The largest absolute Gasteiger partial charge is 0.418 e. The van der Waals surface area contributed by atoms with Crippen LogP contribution in [0, 0.1) is 0 Å². The summed E-state index contributed by atoms with van der Waals surface area (Å²) in [5.74, 6) is 0. The van der Waals surface area contributed by atoms with E-state index in [0.717, 1.165) is 0 Å². The van der Waals surface area contributed by atoms with Gasteiger partial charge in [-0.2, -0.15) is 13.2 Å². The molecule has 0 spiro atoms. The van der Waals surface area contributed by atoms with E-state index < -0.39 is 12.3 Å². The number of aromatic nitrogens is 1. The lowest BCUT2D eigenvalue weighted by atomic mass is 10.0. The Kier molecular flexibility index (Phi) is 2.19. The fraction of sp³-hybridized carbons (Fsp3) is 0.200. The number of aromatic amines is 1. The van der Waals surface area contributed by atoms with E-state index in [4.69, 9.17) is 5.11 Å². The zero-order valence-corrected chi connectivity index (χ0v) is 7.55. The van der Waals surface area contributed by atoms with Crippen molar-refractivity contribution in [3.63, 3.8) is 0 Å². The highest BCUT2D eigenvalue weighted by atomic mass is 19.4. The minimum atomic E-state index is -4.63. The Morgan fingerprint density at radius 3 is 2.60 bits per heavy atom. The number of halogens is 3. The SMILES string of the molecule is OC(c1cccc2[nH]ccc12)C(F)(F)F. The molecule has 0 fully saturated rings. The van der Waals surface area contributed by atoms with Crippen LogP contribution in [0.15, 0.2) is 30.5 Å². The number of fused-ring (bicyclic) bond motifs is 1. The molecule has 0 amide bonds. The summed E-state index contributed by atoms with van der Waals surface area (Å²) in [5.41, 5.74) is 0.456. The maximum absolute atomic E-state index is 12.3. The van der Waals surface area contributed by atoms with Crippen LogP contribution in [0.25, 0.3) is 10.9 Å². The van der Waals surface area contributed by atoms with Gasteiger partial charge in [0.05, 0.1) is 0 Å². The molecule has 1 aromatic carbocycles. The van der Waals surface area contributed by atoms with Crippen molar-refractivity contribution < 1.29 is 18.3 Å². The quantitative estimate of drug-likeness (QED) is 0.753. The van der Waals surface area contributed by atoms with E-state index in [1.807, 2.05) is 0 Å². The maximum atomic E-state index is 12.3. The molecule has 1 heterocycles. The van der Waals surface area contributed by atoms with Crippen LogP contribution in [0.5, 0.6) is 0 Å². The molecular formula is C10H8F3NO. The molecule has 2 nitrogen and oxygen atoms in total. The van der Waals surface area contributed by atoms with Gasteiger partial charge in [0.2, 0.25) is 0 Å². The van der Waals surface area contributed by atoms with Gasteiger partial charge in [-0.25, -0.2) is 0 Å². The van der Waals surface area contributed by atoms with Gasteiger partial charge in [0.1, 0.15) is 0 Å². The fourth-order valence-corrected chi connectivity index (χ4v) is 1.52. The number of hydrogen-bond acceptors (Lipinski definition) is 1. The summed E-state index contributed by atoms with van der Waals surface area (Å²) in [5, 5.41) is 9.53. The lowest BCUT2D eigenvalue weighted by Gasteiger charge is -2.15. The molecule has 5 heteroatoms. The van der Waals surface area contributed by atoms with Crippen molar-refractivity contribution >= 4 is 10.9 Å². The van der Waals surface area contributed by atoms with Crippen LogP contribution in [0.3, 0.4) is 0 Å². The number of alkyl halides is 3. The van der Waals surface area contributed by atoms with Crippen molar-refractivity contribution in [3.05, 3.63) is 36.0 Å². The van der Waals surface area contributed by atoms with Crippen LogP contribution in [0.4, 0.5) is 13.2 Å². The second-order valence-corrected chi connectivity index (χ2v) is 3.23. The van der Waals surface area contributed by atoms with Crippen molar-refractivity contribution in [1.82, 2.24) is 4.98 Å². The summed E-state index contributed by atoms with van der Waals surface area (Å²) >= 11 is 0. The number of nitrogens with one attached hydrogen (secondary N) is 1. The topological polar surface area (TPSA) is 36.0 Å². The number of H-pyrrole nitrogens is 1. The van der Waals surface area contributed by atoms with E-state index in [0.29, 0.717) is 10.9 Å². The van der Waals surface area contributed by atoms with Gasteiger partial charge in [0.25, 0.3) is 0 Å². The van der Waals surface area contributed by atoms with Gasteiger partial charge >= 0.3 is 6.18 Å². The molecular weight excluding hydrogens is 207 g/mol. The Morgan fingerprint density at radius 2 is 1.93 bits per heavy atom. The highest BCUT2D eigenvalue weighted by Crippen LogP contribution is 2.35. The van der Waals surface area contributed by atoms with Crippen molar-refractivity contribution in [2.24, 2.45) is 0 Å². The summed E-state index contributed by atoms with van der Waals surface area (Å²) in [7, 11) is 0. The van der Waals surface area contributed by atoms with Crippen LogP contribution >= 0.6 is 0 Å². The van der Waals surface area contributed by atoms with Crippen LogP contribution in [-0.4, -0.2) is 16.3 Å². The third kappa shape index (κ3) is 1.70. The van der Waals surface area contributed by atoms with E-state index in [2.05, 4.69) is 4.98 Å². The van der Waals surface area contributed by atoms with E-state index in [1.54, 1.807) is 6.07 Å². The van der Waals surface area contributed by atoms with Gasteiger partial charge in [-0.15, -0.1) is 0 Å². The highest BCUT2D eigenvalue weighted by molar-refractivity contribution is 5.83. The Bertz CT molecular complexity index is 475. The van der Waals surface area contributed by atoms with Crippen molar-refractivity contribution in [1.29, 1.82) is 0 Å². The van der Waals surface area contributed by atoms with E-state index in [-0.39, 0.29) is 5.56 Å². The molecule has 0 aliphatic heterocycles. The number of hydrogen-bond donors (Lipinski definition) is 2. The molecule has 1 atom stereocenters. The van der Waals surface area contributed by atoms with Crippen LogP contribution < -0.4 is 0 Å². The Morgan fingerprint density at radius 1 is 1.20 bits per heavy atom. The highest BCUT2D eigenvalue weighted by Gasteiger charge is 2.40. The molecule has 80 valence electrons. The summed E-state index contributed by atoms with van der Waals surface area (Å²) in [6.45, 7) is 0. The summed E-state index contributed by atoms with van der Waals surface area (Å²) in [4.78, 5) is 2.79. The van der Waals surface area contributed by atoms with Crippen LogP contribution in [0.1, 0.15) is 11.7 Å². The van der Waals surface area contributed by atoms with Gasteiger partial charge < -0.3 is 10.1 Å². The number of rotatable bonds is 1. The fourth-order valence-electron chi connectivity index (χ4n) is 1.52.